The summed E-state index contributed by atoms with van der Waals surface area (Å²) < 4.78 is 29.9. The number of hydrogen-bond donors (Lipinski definition) is 1. The lowest BCUT2D eigenvalue weighted by atomic mass is 10.1. The molecule has 0 saturated heterocycles. The highest BCUT2D eigenvalue weighted by Gasteiger charge is 2.20. The average molecular weight is 266 g/mol. The first-order chi connectivity index (χ1) is 7.95. The Hall–Kier alpha value is -1.43. The molecule has 0 unspecified atom stereocenters. The van der Waals surface area contributed by atoms with E-state index in [1.807, 2.05) is 4.98 Å². The van der Waals surface area contributed by atoms with Crippen LogP contribution in [0, 0.1) is 0 Å². The Balaban J connectivity index is 3.12. The first kappa shape index (κ1) is 13.6. The fraction of sp³-hybridized carbons (Fsp3) is 0.400. The zero-order valence-corrected chi connectivity index (χ0v) is 9.68. The largest absolute Gasteiger partial charge is 0.466 e. The van der Waals surface area contributed by atoms with E-state index in [2.05, 4.69) is 4.74 Å². The van der Waals surface area contributed by atoms with Crippen LogP contribution in [0.5, 0.6) is 0 Å². The molecule has 7 heteroatoms. The number of nitrogens with one attached hydrogen (secondary N) is 1. The van der Waals surface area contributed by atoms with Gasteiger partial charge in [0, 0.05) is 11.6 Å². The van der Waals surface area contributed by atoms with Crippen molar-refractivity contribution in [2.45, 2.75) is 19.8 Å². The SMILES string of the molecule is CCOC(=O)Cc1c(Cl)cc(=O)[nH]c1C(F)F. The van der Waals surface area contributed by atoms with Crippen molar-refractivity contribution in [1.82, 2.24) is 4.98 Å². The van der Waals surface area contributed by atoms with Crippen LogP contribution in [0.4, 0.5) is 8.78 Å². The molecule has 0 radical (unpaired) electrons. The lowest BCUT2D eigenvalue weighted by molar-refractivity contribution is -0.142. The molecular formula is C10H10ClF2NO3. The zero-order valence-electron chi connectivity index (χ0n) is 8.93. The molecule has 17 heavy (non-hydrogen) atoms. The average Bonchev–Trinajstić information content (AvgIpc) is 2.21. The molecule has 0 aromatic carbocycles. The normalized spacial score (nSPS) is 10.6. The lowest BCUT2D eigenvalue weighted by Gasteiger charge is -2.09. The predicted octanol–water partition coefficient (Wildman–Crippen LogP) is 2.07. The number of carbonyl (C=O) groups is 1. The lowest BCUT2D eigenvalue weighted by Crippen LogP contribution is -2.16. The molecular weight excluding hydrogens is 256 g/mol. The fourth-order valence-electron chi connectivity index (χ4n) is 1.30. The molecule has 0 amide bonds. The van der Waals surface area contributed by atoms with Crippen LogP contribution in [-0.4, -0.2) is 17.6 Å². The van der Waals surface area contributed by atoms with Crippen LogP contribution < -0.4 is 5.56 Å². The smallest absolute Gasteiger partial charge is 0.310 e. The molecule has 0 fully saturated rings. The number of esters is 1. The number of H-pyrrole nitrogens is 1. The second kappa shape index (κ2) is 5.77. The van der Waals surface area contributed by atoms with Gasteiger partial charge in [-0.2, -0.15) is 0 Å². The van der Waals surface area contributed by atoms with Crippen molar-refractivity contribution in [2.75, 3.05) is 6.61 Å². The first-order valence-electron chi connectivity index (χ1n) is 4.81. The van der Waals surface area contributed by atoms with Gasteiger partial charge in [0.05, 0.1) is 23.7 Å². The second-order valence-electron chi connectivity index (χ2n) is 3.16. The Morgan fingerprint density at radius 1 is 1.59 bits per heavy atom. The van der Waals surface area contributed by atoms with E-state index in [-0.39, 0.29) is 17.2 Å². The maximum atomic E-state index is 12.6. The van der Waals surface area contributed by atoms with Crippen LogP contribution in [0.25, 0.3) is 0 Å². The molecule has 1 N–H and O–H groups in total. The number of pyridine rings is 1. The van der Waals surface area contributed by atoms with Gasteiger partial charge < -0.3 is 9.72 Å². The van der Waals surface area contributed by atoms with Crippen LogP contribution in [0.1, 0.15) is 24.6 Å². The number of halogens is 3. The van der Waals surface area contributed by atoms with E-state index in [4.69, 9.17) is 11.6 Å². The minimum atomic E-state index is -2.91. The molecule has 1 heterocycles. The first-order valence-corrected chi connectivity index (χ1v) is 5.18. The summed E-state index contributed by atoms with van der Waals surface area (Å²) in [5, 5.41) is -0.169. The quantitative estimate of drug-likeness (QED) is 0.848. The third kappa shape index (κ3) is 3.52. The number of ether oxygens (including phenoxy) is 1. The number of alkyl halides is 2. The van der Waals surface area contributed by atoms with E-state index in [0.717, 1.165) is 6.07 Å². The number of carbonyl (C=O) groups excluding carboxylic acids is 1. The minimum absolute atomic E-state index is 0.111. The minimum Gasteiger partial charge on any atom is -0.466 e. The summed E-state index contributed by atoms with van der Waals surface area (Å²) in [7, 11) is 0. The number of hydrogen-bond acceptors (Lipinski definition) is 3. The van der Waals surface area contributed by atoms with Gasteiger partial charge in [-0.05, 0) is 6.92 Å². The molecule has 4 nitrogen and oxygen atoms in total. The summed E-state index contributed by atoms with van der Waals surface area (Å²) in [5.41, 5.74) is -1.49. The molecule has 0 aliphatic rings. The van der Waals surface area contributed by atoms with E-state index in [1.165, 1.54) is 0 Å². The second-order valence-corrected chi connectivity index (χ2v) is 3.56. The van der Waals surface area contributed by atoms with Crippen LogP contribution in [-0.2, 0) is 16.0 Å². The van der Waals surface area contributed by atoms with Gasteiger partial charge in [-0.25, -0.2) is 8.78 Å². The topological polar surface area (TPSA) is 59.2 Å². The molecule has 0 aliphatic carbocycles. The Morgan fingerprint density at radius 2 is 2.24 bits per heavy atom. The Bertz CT molecular complexity index is 473. The zero-order chi connectivity index (χ0) is 13.0. The van der Waals surface area contributed by atoms with E-state index < -0.39 is 30.1 Å². The maximum Gasteiger partial charge on any atom is 0.310 e. The van der Waals surface area contributed by atoms with Crippen molar-refractivity contribution in [3.63, 3.8) is 0 Å². The maximum absolute atomic E-state index is 12.6. The molecule has 94 valence electrons. The number of aromatic amines is 1. The van der Waals surface area contributed by atoms with Crippen molar-refractivity contribution in [3.8, 4) is 0 Å². The van der Waals surface area contributed by atoms with Crippen molar-refractivity contribution in [3.05, 3.63) is 32.7 Å². The van der Waals surface area contributed by atoms with Crippen molar-refractivity contribution in [1.29, 1.82) is 0 Å². The van der Waals surface area contributed by atoms with E-state index in [0.29, 0.717) is 0 Å². The van der Waals surface area contributed by atoms with Gasteiger partial charge in [-0.1, -0.05) is 11.6 Å². The third-order valence-electron chi connectivity index (χ3n) is 1.97. The molecule has 0 spiro atoms. The summed E-state index contributed by atoms with van der Waals surface area (Å²) in [6.45, 7) is 1.74. The highest BCUT2D eigenvalue weighted by atomic mass is 35.5. The van der Waals surface area contributed by atoms with Crippen LogP contribution in [0.15, 0.2) is 10.9 Å². The highest BCUT2D eigenvalue weighted by molar-refractivity contribution is 6.31. The van der Waals surface area contributed by atoms with E-state index >= 15 is 0 Å². The van der Waals surface area contributed by atoms with Crippen LogP contribution in [0.2, 0.25) is 5.02 Å². The van der Waals surface area contributed by atoms with Crippen molar-refractivity contribution in [2.24, 2.45) is 0 Å². The van der Waals surface area contributed by atoms with Gasteiger partial charge in [-0.15, -0.1) is 0 Å². The van der Waals surface area contributed by atoms with E-state index in [1.54, 1.807) is 6.92 Å². The van der Waals surface area contributed by atoms with Gasteiger partial charge >= 0.3 is 5.97 Å². The molecule has 0 bridgehead atoms. The van der Waals surface area contributed by atoms with Crippen molar-refractivity contribution >= 4 is 17.6 Å². The van der Waals surface area contributed by atoms with Gasteiger partial charge in [0.25, 0.3) is 6.43 Å². The van der Waals surface area contributed by atoms with Gasteiger partial charge in [0.1, 0.15) is 0 Å². The number of aromatic nitrogens is 1. The molecule has 0 atom stereocenters. The summed E-state index contributed by atoms with van der Waals surface area (Å²) >= 11 is 5.66. The summed E-state index contributed by atoms with van der Waals surface area (Å²) in [4.78, 5) is 24.2. The summed E-state index contributed by atoms with van der Waals surface area (Å²) in [6.07, 6.45) is -3.31. The van der Waals surface area contributed by atoms with E-state index in [9.17, 15) is 18.4 Å². The standard InChI is InChI=1S/C10H10ClF2NO3/c1-2-17-8(16)3-5-6(11)4-7(15)14-9(5)10(12)13/h4,10H,2-3H2,1H3,(H,14,15). The molecule has 0 aliphatic heterocycles. The summed E-state index contributed by atoms with van der Waals surface area (Å²) in [5.74, 6) is -0.677. The van der Waals surface area contributed by atoms with Crippen LogP contribution in [0.3, 0.4) is 0 Å². The fourth-order valence-corrected chi connectivity index (χ4v) is 1.57. The highest BCUT2D eigenvalue weighted by Crippen LogP contribution is 2.25. The van der Waals surface area contributed by atoms with Crippen molar-refractivity contribution < 1.29 is 18.3 Å². The predicted molar refractivity (Wildman–Crippen MR) is 57.4 cm³/mol. The Labute approximate surface area is 101 Å². The Kier molecular flexibility index (Phi) is 4.62. The molecule has 0 saturated carbocycles. The molecule has 1 aromatic heterocycles. The van der Waals surface area contributed by atoms with Gasteiger partial charge in [-0.3, -0.25) is 9.59 Å². The van der Waals surface area contributed by atoms with Gasteiger partial charge in [0.2, 0.25) is 5.56 Å². The van der Waals surface area contributed by atoms with Gasteiger partial charge in [0.15, 0.2) is 0 Å². The Morgan fingerprint density at radius 3 is 2.76 bits per heavy atom. The summed E-state index contributed by atoms with van der Waals surface area (Å²) in [6, 6.07) is 0.946. The monoisotopic (exact) mass is 265 g/mol. The number of rotatable bonds is 4. The molecule has 1 rings (SSSR count). The molecule has 1 aromatic rings. The van der Waals surface area contributed by atoms with Crippen LogP contribution >= 0.6 is 11.6 Å². The third-order valence-corrected chi connectivity index (χ3v) is 2.31.